The predicted molar refractivity (Wildman–Crippen MR) is 102 cm³/mol. The number of nitrogens with zero attached hydrogens (tertiary/aromatic N) is 4. The molecule has 2 fully saturated rings. The molecule has 1 unspecified atom stereocenters. The number of amides is 1. The monoisotopic (exact) mass is 407 g/mol. The minimum absolute atomic E-state index is 0.0379. The third-order valence-corrected chi connectivity index (χ3v) is 6.29. The summed E-state index contributed by atoms with van der Waals surface area (Å²) >= 11 is 0. The normalized spacial score (nSPS) is 26.1. The molecule has 0 bridgehead atoms. The van der Waals surface area contributed by atoms with E-state index in [1.54, 1.807) is 6.92 Å². The molecule has 0 radical (unpaired) electrons. The van der Waals surface area contributed by atoms with E-state index >= 15 is 0 Å². The Bertz CT molecular complexity index is 983. The highest BCUT2D eigenvalue weighted by atomic mass is 19.4. The van der Waals surface area contributed by atoms with Crippen LogP contribution >= 0.6 is 0 Å². The van der Waals surface area contributed by atoms with Gasteiger partial charge in [-0.3, -0.25) is 4.79 Å². The van der Waals surface area contributed by atoms with Crippen molar-refractivity contribution in [3.63, 3.8) is 0 Å². The largest absolute Gasteiger partial charge is 0.419 e. The van der Waals surface area contributed by atoms with Gasteiger partial charge in [-0.15, -0.1) is 0 Å². The molecule has 3 atom stereocenters. The molecule has 0 spiro atoms. The fourth-order valence-corrected chi connectivity index (χ4v) is 4.66. The van der Waals surface area contributed by atoms with Crippen LogP contribution in [0, 0.1) is 11.3 Å². The molecule has 156 valence electrons. The van der Waals surface area contributed by atoms with Crippen LogP contribution in [-0.4, -0.2) is 38.4 Å². The number of carbonyl (C=O) groups excluding carboxylic acids is 1. The summed E-state index contributed by atoms with van der Waals surface area (Å²) in [6.45, 7) is 9.13. The number of rotatable bonds is 3. The molecule has 1 amide bonds. The lowest BCUT2D eigenvalue weighted by atomic mass is 10.1. The van der Waals surface area contributed by atoms with Crippen LogP contribution in [0.5, 0.6) is 0 Å². The summed E-state index contributed by atoms with van der Waals surface area (Å²) < 4.78 is 41.8. The van der Waals surface area contributed by atoms with Gasteiger partial charge in [0.15, 0.2) is 0 Å². The van der Waals surface area contributed by atoms with Gasteiger partial charge in [-0.1, -0.05) is 20.8 Å². The van der Waals surface area contributed by atoms with Gasteiger partial charge in [0.25, 0.3) is 0 Å². The standard InChI is InChI=1S/C20H24F3N5O/c1-10(2)18-26-15(12-5-13(20(21,22)23)17(24)25-6-12)8-28(18)16-14-7-27(11(3)29)9-19(14,16)4/h5-6,8,10,14,16H,7,9H2,1-4H3,(H2,24,25)/t14-,16-,19?/m0/s1. The predicted octanol–water partition coefficient (Wildman–Crippen LogP) is 3.71. The fraction of sp³-hybridized carbons (Fsp3) is 0.550. The van der Waals surface area contributed by atoms with Crippen molar-refractivity contribution < 1.29 is 18.0 Å². The summed E-state index contributed by atoms with van der Waals surface area (Å²) in [6, 6.07) is 1.19. The van der Waals surface area contributed by atoms with E-state index in [1.807, 2.05) is 24.9 Å². The Morgan fingerprint density at radius 3 is 2.59 bits per heavy atom. The Morgan fingerprint density at radius 2 is 2.07 bits per heavy atom. The summed E-state index contributed by atoms with van der Waals surface area (Å²) in [5.41, 5.74) is 5.16. The third kappa shape index (κ3) is 3.07. The van der Waals surface area contributed by atoms with Crippen molar-refractivity contribution >= 4 is 11.7 Å². The first-order valence-corrected chi connectivity index (χ1v) is 9.61. The summed E-state index contributed by atoms with van der Waals surface area (Å²) in [4.78, 5) is 21.9. The number of aromatic nitrogens is 3. The molecule has 2 aromatic heterocycles. The number of pyridine rings is 1. The molecule has 3 heterocycles. The summed E-state index contributed by atoms with van der Waals surface area (Å²) in [5.74, 6) is 0.765. The van der Waals surface area contributed by atoms with Gasteiger partial charge in [0.1, 0.15) is 11.6 Å². The zero-order chi connectivity index (χ0) is 21.3. The van der Waals surface area contributed by atoms with Crippen molar-refractivity contribution in [2.45, 2.75) is 45.8 Å². The molecule has 29 heavy (non-hydrogen) atoms. The second-order valence-electron chi connectivity index (χ2n) is 8.66. The zero-order valence-electron chi connectivity index (χ0n) is 16.8. The molecule has 9 heteroatoms. The number of alkyl halides is 3. The van der Waals surface area contributed by atoms with E-state index in [0.29, 0.717) is 24.7 Å². The third-order valence-electron chi connectivity index (χ3n) is 6.29. The smallest absolute Gasteiger partial charge is 0.383 e. The number of hydrogen-bond donors (Lipinski definition) is 1. The van der Waals surface area contributed by atoms with Crippen molar-refractivity contribution in [3.8, 4) is 11.3 Å². The fourth-order valence-electron chi connectivity index (χ4n) is 4.66. The number of halogens is 3. The molecular formula is C20H24F3N5O. The van der Waals surface area contributed by atoms with Crippen LogP contribution in [-0.2, 0) is 11.0 Å². The number of nitrogen functional groups attached to an aromatic ring is 1. The van der Waals surface area contributed by atoms with Gasteiger partial charge in [0.05, 0.1) is 11.3 Å². The highest BCUT2D eigenvalue weighted by Gasteiger charge is 2.67. The summed E-state index contributed by atoms with van der Waals surface area (Å²) in [5, 5.41) is 0. The molecule has 2 N–H and O–H groups in total. The number of anilines is 1. The van der Waals surface area contributed by atoms with E-state index < -0.39 is 17.6 Å². The number of imidazole rings is 1. The molecular weight excluding hydrogens is 383 g/mol. The minimum atomic E-state index is -4.58. The maximum atomic E-state index is 13.2. The van der Waals surface area contributed by atoms with Gasteiger partial charge in [0.2, 0.25) is 5.91 Å². The van der Waals surface area contributed by atoms with E-state index in [-0.39, 0.29) is 28.8 Å². The van der Waals surface area contributed by atoms with Crippen molar-refractivity contribution in [2.24, 2.45) is 11.3 Å². The summed E-state index contributed by atoms with van der Waals surface area (Å²) in [7, 11) is 0. The molecule has 4 rings (SSSR count). The van der Waals surface area contributed by atoms with Gasteiger partial charge in [-0.05, 0) is 6.07 Å². The Labute approximate surface area is 166 Å². The van der Waals surface area contributed by atoms with E-state index in [1.165, 1.54) is 6.20 Å². The Hall–Kier alpha value is -2.58. The van der Waals surface area contributed by atoms with Crippen LogP contribution < -0.4 is 5.73 Å². The quantitative estimate of drug-likeness (QED) is 0.842. The highest BCUT2D eigenvalue weighted by Crippen LogP contribution is 2.66. The Morgan fingerprint density at radius 1 is 1.38 bits per heavy atom. The van der Waals surface area contributed by atoms with Crippen molar-refractivity contribution in [2.75, 3.05) is 18.8 Å². The first-order chi connectivity index (χ1) is 13.4. The Kier molecular flexibility index (Phi) is 4.22. The molecule has 0 aromatic carbocycles. The highest BCUT2D eigenvalue weighted by molar-refractivity contribution is 5.74. The van der Waals surface area contributed by atoms with Crippen molar-refractivity contribution in [3.05, 3.63) is 29.8 Å². The first-order valence-electron chi connectivity index (χ1n) is 9.61. The van der Waals surface area contributed by atoms with Gasteiger partial charge >= 0.3 is 6.18 Å². The number of hydrogen-bond acceptors (Lipinski definition) is 4. The second kappa shape index (κ2) is 6.21. The maximum Gasteiger partial charge on any atom is 0.419 e. The van der Waals surface area contributed by atoms with Crippen molar-refractivity contribution in [1.82, 2.24) is 19.4 Å². The van der Waals surface area contributed by atoms with Crippen LogP contribution in [0.3, 0.4) is 0 Å². The van der Waals surface area contributed by atoms with Gasteiger partial charge in [0, 0.05) is 61.3 Å². The Balaban J connectivity index is 1.71. The topological polar surface area (TPSA) is 77.0 Å². The lowest BCUT2D eigenvalue weighted by Crippen LogP contribution is -2.31. The first kappa shape index (κ1) is 19.7. The van der Waals surface area contributed by atoms with Crippen LogP contribution in [0.25, 0.3) is 11.3 Å². The number of fused-ring (bicyclic) bond motifs is 1. The minimum Gasteiger partial charge on any atom is -0.383 e. The zero-order valence-corrected chi connectivity index (χ0v) is 16.8. The molecule has 1 saturated heterocycles. The molecule has 1 saturated carbocycles. The number of piperidine rings is 1. The van der Waals surface area contributed by atoms with Crippen LogP contribution in [0.1, 0.15) is 51.0 Å². The molecule has 6 nitrogen and oxygen atoms in total. The molecule has 1 aliphatic heterocycles. The maximum absolute atomic E-state index is 13.2. The van der Waals surface area contributed by atoms with E-state index in [4.69, 9.17) is 5.73 Å². The SMILES string of the molecule is CC(=O)N1C[C@H]2[C@H](n3cc(-c4cnc(N)c(C(F)(F)F)c4)nc3C(C)C)C2(C)C1. The molecule has 1 aliphatic carbocycles. The number of nitrogens with two attached hydrogens (primary N) is 1. The lowest BCUT2D eigenvalue weighted by molar-refractivity contribution is -0.137. The number of likely N-dealkylation sites (tertiary alicyclic amines) is 1. The van der Waals surface area contributed by atoms with E-state index in [2.05, 4.69) is 21.5 Å². The average molecular weight is 407 g/mol. The van der Waals surface area contributed by atoms with E-state index in [0.717, 1.165) is 11.9 Å². The van der Waals surface area contributed by atoms with Crippen molar-refractivity contribution in [1.29, 1.82) is 0 Å². The average Bonchev–Trinajstić information content (AvgIpc) is 2.95. The summed E-state index contributed by atoms with van der Waals surface area (Å²) in [6.07, 6.45) is -1.43. The van der Waals surface area contributed by atoms with Gasteiger partial charge in [-0.25, -0.2) is 9.97 Å². The van der Waals surface area contributed by atoms with Gasteiger partial charge in [-0.2, -0.15) is 13.2 Å². The van der Waals surface area contributed by atoms with E-state index in [9.17, 15) is 18.0 Å². The van der Waals surface area contributed by atoms with Gasteiger partial charge < -0.3 is 15.2 Å². The second-order valence-corrected chi connectivity index (χ2v) is 8.66. The number of carbonyl (C=O) groups is 1. The molecule has 2 aliphatic rings. The van der Waals surface area contributed by atoms with Crippen LogP contribution in [0.4, 0.5) is 19.0 Å². The lowest BCUT2D eigenvalue weighted by Gasteiger charge is -2.22. The molecule has 2 aromatic rings. The van der Waals surface area contributed by atoms with Crippen LogP contribution in [0.15, 0.2) is 18.5 Å². The van der Waals surface area contributed by atoms with Crippen LogP contribution in [0.2, 0.25) is 0 Å².